The van der Waals surface area contributed by atoms with Gasteiger partial charge >= 0.3 is 5.97 Å². The van der Waals surface area contributed by atoms with E-state index >= 15 is 0 Å². The van der Waals surface area contributed by atoms with Gasteiger partial charge in [0.2, 0.25) is 0 Å². The van der Waals surface area contributed by atoms with Gasteiger partial charge in [0, 0.05) is 0 Å². The first-order valence-corrected chi connectivity index (χ1v) is 10.3. The molecule has 2 fully saturated rings. The standard InChI is InChI=1S/C21H38O5/c1-7-9-11-20(3,4)19(22)25-15-13-23-18-16(14-24-17(15)18)26-21(5,6)12-10-8-2/h15-18H,7-14H2,1-6H3/t15?,16?,17-,18-/m1/s1. The molecule has 5 heteroatoms. The number of hydrogen-bond donors (Lipinski definition) is 0. The summed E-state index contributed by atoms with van der Waals surface area (Å²) in [5.41, 5.74) is -0.663. The van der Waals surface area contributed by atoms with Crippen molar-refractivity contribution in [2.75, 3.05) is 13.2 Å². The number of ether oxygens (including phenoxy) is 4. The maximum atomic E-state index is 12.6. The highest BCUT2D eigenvalue weighted by Crippen LogP contribution is 2.35. The maximum Gasteiger partial charge on any atom is 0.311 e. The van der Waals surface area contributed by atoms with E-state index in [-0.39, 0.29) is 36.0 Å². The summed E-state index contributed by atoms with van der Waals surface area (Å²) in [5.74, 6) is -0.156. The third-order valence-electron chi connectivity index (χ3n) is 5.53. The lowest BCUT2D eigenvalue weighted by Crippen LogP contribution is -2.40. The van der Waals surface area contributed by atoms with Crippen LogP contribution in [0.4, 0.5) is 0 Å². The largest absolute Gasteiger partial charge is 0.457 e. The topological polar surface area (TPSA) is 54.0 Å². The van der Waals surface area contributed by atoms with E-state index in [4.69, 9.17) is 18.9 Å². The Kier molecular flexibility index (Phi) is 7.52. The summed E-state index contributed by atoms with van der Waals surface area (Å²) < 4.78 is 23.9. The Morgan fingerprint density at radius 3 is 2.08 bits per heavy atom. The quantitative estimate of drug-likeness (QED) is 0.538. The molecule has 0 aromatic carbocycles. The molecule has 0 spiro atoms. The highest BCUT2D eigenvalue weighted by molar-refractivity contribution is 5.76. The molecule has 4 atom stereocenters. The zero-order valence-corrected chi connectivity index (χ0v) is 17.5. The second-order valence-corrected chi connectivity index (χ2v) is 9.05. The highest BCUT2D eigenvalue weighted by Gasteiger charge is 2.51. The van der Waals surface area contributed by atoms with Gasteiger partial charge in [-0.25, -0.2) is 0 Å². The summed E-state index contributed by atoms with van der Waals surface area (Å²) in [6.45, 7) is 13.4. The van der Waals surface area contributed by atoms with Crippen LogP contribution in [0.15, 0.2) is 0 Å². The van der Waals surface area contributed by atoms with Crippen LogP contribution in [-0.2, 0) is 23.7 Å². The fourth-order valence-corrected chi connectivity index (χ4v) is 3.72. The first-order chi connectivity index (χ1) is 12.2. The van der Waals surface area contributed by atoms with E-state index in [9.17, 15) is 4.79 Å². The van der Waals surface area contributed by atoms with Crippen molar-refractivity contribution in [2.24, 2.45) is 5.41 Å². The molecule has 0 bridgehead atoms. The Bertz CT molecular complexity index is 459. The second kappa shape index (κ2) is 9.03. The zero-order valence-electron chi connectivity index (χ0n) is 17.5. The summed E-state index contributed by atoms with van der Waals surface area (Å²) in [4.78, 5) is 12.6. The molecule has 2 aliphatic rings. The summed E-state index contributed by atoms with van der Waals surface area (Å²) in [6, 6.07) is 0. The number of esters is 1. The van der Waals surface area contributed by atoms with Gasteiger partial charge in [-0.3, -0.25) is 4.79 Å². The van der Waals surface area contributed by atoms with E-state index < -0.39 is 5.41 Å². The zero-order chi connectivity index (χ0) is 19.4. The Morgan fingerprint density at radius 1 is 0.923 bits per heavy atom. The van der Waals surface area contributed by atoms with Crippen molar-refractivity contribution < 1.29 is 23.7 Å². The minimum Gasteiger partial charge on any atom is -0.457 e. The molecule has 2 heterocycles. The normalized spacial score (nSPS) is 29.0. The number of hydrogen-bond acceptors (Lipinski definition) is 5. The summed E-state index contributed by atoms with van der Waals surface area (Å²) in [6.07, 6.45) is 5.46. The van der Waals surface area contributed by atoms with E-state index in [2.05, 4.69) is 27.7 Å². The number of fused-ring (bicyclic) bond motifs is 1. The Hall–Kier alpha value is -0.650. The number of unbranched alkanes of at least 4 members (excludes halogenated alkanes) is 2. The van der Waals surface area contributed by atoms with Crippen LogP contribution in [0.5, 0.6) is 0 Å². The van der Waals surface area contributed by atoms with Gasteiger partial charge in [-0.2, -0.15) is 0 Å². The molecule has 0 aromatic heterocycles. The maximum absolute atomic E-state index is 12.6. The summed E-state index contributed by atoms with van der Waals surface area (Å²) >= 11 is 0. The molecule has 0 aromatic rings. The number of carbonyl (C=O) groups is 1. The van der Waals surface area contributed by atoms with E-state index in [1.807, 2.05) is 13.8 Å². The smallest absolute Gasteiger partial charge is 0.311 e. The van der Waals surface area contributed by atoms with Crippen molar-refractivity contribution in [1.82, 2.24) is 0 Å². The summed E-state index contributed by atoms with van der Waals surface area (Å²) in [5, 5.41) is 0. The van der Waals surface area contributed by atoms with Gasteiger partial charge in [-0.05, 0) is 40.5 Å². The predicted octanol–water partition coefficient (Wildman–Crippen LogP) is 4.27. The second-order valence-electron chi connectivity index (χ2n) is 9.05. The molecular formula is C21H38O5. The number of rotatable bonds is 10. The average molecular weight is 371 g/mol. The Labute approximate surface area is 159 Å². The monoisotopic (exact) mass is 370 g/mol. The lowest BCUT2D eigenvalue weighted by Gasteiger charge is -2.30. The third-order valence-corrected chi connectivity index (χ3v) is 5.53. The van der Waals surface area contributed by atoms with Crippen LogP contribution in [0.25, 0.3) is 0 Å². The van der Waals surface area contributed by atoms with Crippen LogP contribution in [0, 0.1) is 5.41 Å². The van der Waals surface area contributed by atoms with E-state index in [0.717, 1.165) is 38.5 Å². The van der Waals surface area contributed by atoms with Crippen LogP contribution in [0.1, 0.15) is 80.1 Å². The minimum atomic E-state index is -0.468. The van der Waals surface area contributed by atoms with Gasteiger partial charge in [0.05, 0.1) is 24.2 Å². The van der Waals surface area contributed by atoms with Crippen molar-refractivity contribution in [2.45, 2.75) is 110 Å². The van der Waals surface area contributed by atoms with Crippen molar-refractivity contribution in [3.63, 3.8) is 0 Å². The molecule has 0 radical (unpaired) electrons. The molecular weight excluding hydrogens is 332 g/mol. The van der Waals surface area contributed by atoms with Crippen LogP contribution in [0.2, 0.25) is 0 Å². The predicted molar refractivity (Wildman–Crippen MR) is 101 cm³/mol. The van der Waals surface area contributed by atoms with Crippen LogP contribution in [0.3, 0.4) is 0 Å². The molecule has 0 amide bonds. The van der Waals surface area contributed by atoms with Crippen LogP contribution in [-0.4, -0.2) is 49.2 Å². The lowest BCUT2D eigenvalue weighted by molar-refractivity contribution is -0.165. The van der Waals surface area contributed by atoms with Gasteiger partial charge < -0.3 is 18.9 Å². The first-order valence-electron chi connectivity index (χ1n) is 10.3. The average Bonchev–Trinajstić information content (AvgIpc) is 3.15. The van der Waals surface area contributed by atoms with Gasteiger partial charge in [0.15, 0.2) is 6.10 Å². The molecule has 0 saturated carbocycles. The fourth-order valence-electron chi connectivity index (χ4n) is 3.72. The van der Waals surface area contributed by atoms with E-state index in [1.54, 1.807) is 0 Å². The Balaban J connectivity index is 1.89. The SMILES string of the molecule is CCCCC(C)(C)OC1CO[C@@H]2C(OC(=O)C(C)(C)CCCC)CO[C@H]12. The minimum absolute atomic E-state index is 0.0938. The molecule has 0 N–H and O–H groups in total. The van der Waals surface area contributed by atoms with Gasteiger partial charge in [0.25, 0.3) is 0 Å². The van der Waals surface area contributed by atoms with Crippen molar-refractivity contribution in [3.8, 4) is 0 Å². The molecule has 2 rings (SSSR count). The molecule has 2 saturated heterocycles. The van der Waals surface area contributed by atoms with Gasteiger partial charge in [-0.1, -0.05) is 39.5 Å². The highest BCUT2D eigenvalue weighted by atomic mass is 16.7. The van der Waals surface area contributed by atoms with Crippen LogP contribution >= 0.6 is 0 Å². The van der Waals surface area contributed by atoms with E-state index in [1.165, 1.54) is 0 Å². The summed E-state index contributed by atoms with van der Waals surface area (Å²) in [7, 11) is 0. The fraction of sp³-hybridized carbons (Fsp3) is 0.952. The molecule has 2 unspecified atom stereocenters. The molecule has 26 heavy (non-hydrogen) atoms. The van der Waals surface area contributed by atoms with Crippen LogP contribution < -0.4 is 0 Å². The molecule has 0 aliphatic carbocycles. The van der Waals surface area contributed by atoms with Crippen molar-refractivity contribution in [3.05, 3.63) is 0 Å². The van der Waals surface area contributed by atoms with E-state index in [0.29, 0.717) is 13.2 Å². The first kappa shape index (κ1) is 21.6. The van der Waals surface area contributed by atoms with Crippen molar-refractivity contribution >= 4 is 5.97 Å². The molecule has 2 aliphatic heterocycles. The molecule has 5 nitrogen and oxygen atoms in total. The molecule has 152 valence electrons. The third kappa shape index (κ3) is 5.43. The lowest BCUT2D eigenvalue weighted by atomic mass is 9.87. The van der Waals surface area contributed by atoms with Gasteiger partial charge in [-0.15, -0.1) is 0 Å². The Morgan fingerprint density at radius 2 is 1.46 bits per heavy atom. The van der Waals surface area contributed by atoms with Crippen molar-refractivity contribution in [1.29, 1.82) is 0 Å². The number of carbonyl (C=O) groups excluding carboxylic acids is 1. The van der Waals surface area contributed by atoms with Gasteiger partial charge in [0.1, 0.15) is 18.3 Å².